The number of aryl methyl sites for hydroxylation is 1. The lowest BCUT2D eigenvalue weighted by Crippen LogP contribution is -2.41. The van der Waals surface area contributed by atoms with Crippen LogP contribution in [-0.2, 0) is 6.42 Å². The summed E-state index contributed by atoms with van der Waals surface area (Å²) in [4.78, 5) is 8.64. The highest BCUT2D eigenvalue weighted by atomic mass is 35.5. The van der Waals surface area contributed by atoms with E-state index in [4.69, 9.17) is 11.6 Å². The van der Waals surface area contributed by atoms with Crippen molar-refractivity contribution in [1.82, 2.24) is 9.97 Å². The Morgan fingerprint density at radius 3 is 3.00 bits per heavy atom. The predicted octanol–water partition coefficient (Wildman–Crippen LogP) is 3.44. The van der Waals surface area contributed by atoms with Crippen LogP contribution in [0.4, 0.5) is 5.82 Å². The first kappa shape index (κ1) is 15.5. The predicted molar refractivity (Wildman–Crippen MR) is 82.1 cm³/mol. The summed E-state index contributed by atoms with van der Waals surface area (Å²) in [7, 11) is 0. The van der Waals surface area contributed by atoms with Gasteiger partial charge in [-0.05, 0) is 25.2 Å². The Labute approximate surface area is 126 Å². The molecule has 0 aliphatic heterocycles. The lowest BCUT2D eigenvalue weighted by molar-refractivity contribution is -0.000832. The molecule has 1 aromatic rings. The second kappa shape index (κ2) is 6.72. The van der Waals surface area contributed by atoms with Gasteiger partial charge in [0.15, 0.2) is 0 Å². The van der Waals surface area contributed by atoms with Gasteiger partial charge in [-0.1, -0.05) is 38.3 Å². The molecule has 4 nitrogen and oxygen atoms in total. The van der Waals surface area contributed by atoms with Gasteiger partial charge < -0.3 is 10.4 Å². The van der Waals surface area contributed by atoms with Crippen LogP contribution < -0.4 is 5.32 Å². The summed E-state index contributed by atoms with van der Waals surface area (Å²) >= 11 is 6.01. The molecule has 20 heavy (non-hydrogen) atoms. The Kier molecular flexibility index (Phi) is 5.22. The summed E-state index contributed by atoms with van der Waals surface area (Å²) in [6.07, 6.45) is 5.80. The largest absolute Gasteiger partial charge is 0.388 e. The van der Waals surface area contributed by atoms with Gasteiger partial charge in [-0.3, -0.25) is 0 Å². The van der Waals surface area contributed by atoms with E-state index in [0.29, 0.717) is 23.4 Å². The highest BCUT2D eigenvalue weighted by Crippen LogP contribution is 2.32. The van der Waals surface area contributed by atoms with Crippen molar-refractivity contribution >= 4 is 17.4 Å². The number of anilines is 1. The Hall–Kier alpha value is -0.870. The molecule has 1 fully saturated rings. The maximum absolute atomic E-state index is 10.6. The molecular weight excluding hydrogens is 274 g/mol. The summed E-state index contributed by atoms with van der Waals surface area (Å²) in [6, 6.07) is 1.72. The van der Waals surface area contributed by atoms with Crippen molar-refractivity contribution in [3.05, 3.63) is 17.0 Å². The number of hydrogen-bond acceptors (Lipinski definition) is 4. The molecule has 0 radical (unpaired) electrons. The molecule has 1 aromatic heterocycles. The van der Waals surface area contributed by atoms with Crippen molar-refractivity contribution < 1.29 is 5.11 Å². The molecule has 1 saturated carbocycles. The minimum absolute atomic E-state index is 0.454. The highest BCUT2D eigenvalue weighted by Gasteiger charge is 2.32. The molecule has 0 aromatic carbocycles. The quantitative estimate of drug-likeness (QED) is 0.818. The first-order valence-electron chi connectivity index (χ1n) is 7.50. The number of nitrogens with one attached hydrogen (secondary N) is 1. The number of aliphatic hydroxyl groups is 1. The van der Waals surface area contributed by atoms with Crippen LogP contribution in [0.1, 0.15) is 51.8 Å². The maximum Gasteiger partial charge on any atom is 0.134 e. The lowest BCUT2D eigenvalue weighted by Gasteiger charge is -2.35. The van der Waals surface area contributed by atoms with E-state index >= 15 is 0 Å². The smallest absolute Gasteiger partial charge is 0.134 e. The van der Waals surface area contributed by atoms with Crippen molar-refractivity contribution in [1.29, 1.82) is 0 Å². The van der Waals surface area contributed by atoms with Gasteiger partial charge in [-0.25, -0.2) is 9.97 Å². The maximum atomic E-state index is 10.6. The topological polar surface area (TPSA) is 58.0 Å². The van der Waals surface area contributed by atoms with Gasteiger partial charge in [0.05, 0.1) is 5.60 Å². The zero-order valence-electron chi connectivity index (χ0n) is 12.3. The SMILES string of the molecule is CCCc1nc(Cl)cc(NCC2(O)CCCC(C)C2)n1. The molecule has 2 rings (SSSR count). The number of rotatable bonds is 5. The summed E-state index contributed by atoms with van der Waals surface area (Å²) in [5, 5.41) is 14.3. The van der Waals surface area contributed by atoms with Crippen LogP contribution in [0.2, 0.25) is 5.15 Å². The molecule has 1 aliphatic carbocycles. The fourth-order valence-electron chi connectivity index (χ4n) is 2.94. The summed E-state index contributed by atoms with van der Waals surface area (Å²) < 4.78 is 0. The van der Waals surface area contributed by atoms with Crippen LogP contribution in [0.15, 0.2) is 6.07 Å². The molecule has 2 N–H and O–H groups in total. The van der Waals surface area contributed by atoms with Crippen molar-refractivity contribution in [3.8, 4) is 0 Å². The number of aromatic nitrogens is 2. The van der Waals surface area contributed by atoms with E-state index in [1.807, 2.05) is 0 Å². The van der Waals surface area contributed by atoms with Gasteiger partial charge >= 0.3 is 0 Å². The summed E-state index contributed by atoms with van der Waals surface area (Å²) in [5.41, 5.74) is -0.625. The molecule has 0 bridgehead atoms. The van der Waals surface area contributed by atoms with Crippen molar-refractivity contribution in [2.45, 2.75) is 58.0 Å². The minimum atomic E-state index is -0.625. The zero-order chi connectivity index (χ0) is 14.6. The number of halogens is 1. The molecule has 5 heteroatoms. The molecule has 0 amide bonds. The molecule has 0 spiro atoms. The van der Waals surface area contributed by atoms with E-state index in [1.165, 1.54) is 6.42 Å². The average Bonchev–Trinajstić information content (AvgIpc) is 2.36. The first-order chi connectivity index (χ1) is 9.50. The molecule has 1 aliphatic rings. The third-order valence-electron chi connectivity index (χ3n) is 3.88. The second-order valence-corrected chi connectivity index (χ2v) is 6.41. The molecule has 112 valence electrons. The van der Waals surface area contributed by atoms with Gasteiger partial charge in [0.2, 0.25) is 0 Å². The van der Waals surface area contributed by atoms with Gasteiger partial charge in [-0.15, -0.1) is 0 Å². The Balaban J connectivity index is 1.99. The van der Waals surface area contributed by atoms with Crippen molar-refractivity contribution in [3.63, 3.8) is 0 Å². The number of nitrogens with zero attached hydrogens (tertiary/aromatic N) is 2. The molecule has 0 saturated heterocycles. The van der Waals surface area contributed by atoms with Crippen LogP contribution in [0.25, 0.3) is 0 Å². The monoisotopic (exact) mass is 297 g/mol. The normalized spacial score (nSPS) is 26.5. The van der Waals surface area contributed by atoms with Crippen molar-refractivity contribution in [2.75, 3.05) is 11.9 Å². The fourth-order valence-corrected chi connectivity index (χ4v) is 3.14. The fraction of sp³-hybridized carbons (Fsp3) is 0.733. The summed E-state index contributed by atoms with van der Waals surface area (Å²) in [5.74, 6) is 2.05. The van der Waals surface area contributed by atoms with Gasteiger partial charge in [-0.2, -0.15) is 0 Å². The Bertz CT molecular complexity index is 455. The second-order valence-electron chi connectivity index (χ2n) is 6.02. The molecule has 1 heterocycles. The van der Waals surface area contributed by atoms with Crippen molar-refractivity contribution in [2.24, 2.45) is 5.92 Å². The first-order valence-corrected chi connectivity index (χ1v) is 7.88. The number of hydrogen-bond donors (Lipinski definition) is 2. The van der Waals surface area contributed by atoms with Gasteiger partial charge in [0, 0.05) is 19.0 Å². The minimum Gasteiger partial charge on any atom is -0.388 e. The third-order valence-corrected chi connectivity index (χ3v) is 4.07. The van der Waals surface area contributed by atoms with Crippen LogP contribution >= 0.6 is 11.6 Å². The van der Waals surface area contributed by atoms with Crippen LogP contribution in [0.3, 0.4) is 0 Å². The van der Waals surface area contributed by atoms with E-state index in [-0.39, 0.29) is 0 Å². The molecule has 2 atom stereocenters. The van der Waals surface area contributed by atoms with E-state index in [9.17, 15) is 5.11 Å². The zero-order valence-corrected chi connectivity index (χ0v) is 13.1. The van der Waals surface area contributed by atoms with Gasteiger partial charge in [0.1, 0.15) is 16.8 Å². The Morgan fingerprint density at radius 2 is 2.30 bits per heavy atom. The van der Waals surface area contributed by atoms with Crippen LogP contribution in [0.5, 0.6) is 0 Å². The highest BCUT2D eigenvalue weighted by molar-refractivity contribution is 6.29. The van der Waals surface area contributed by atoms with Crippen LogP contribution in [-0.4, -0.2) is 27.2 Å². The standard InChI is InChI=1S/C15H24ClN3O/c1-3-5-13-18-12(16)8-14(19-13)17-10-15(20)7-4-6-11(2)9-15/h8,11,20H,3-7,9-10H2,1-2H3,(H,17,18,19). The van der Waals surface area contributed by atoms with E-state index in [2.05, 4.69) is 29.1 Å². The third kappa shape index (κ3) is 4.32. The average molecular weight is 298 g/mol. The van der Waals surface area contributed by atoms with Gasteiger partial charge in [0.25, 0.3) is 0 Å². The van der Waals surface area contributed by atoms with E-state index in [1.54, 1.807) is 6.07 Å². The Morgan fingerprint density at radius 1 is 1.50 bits per heavy atom. The summed E-state index contributed by atoms with van der Waals surface area (Å²) in [6.45, 7) is 4.81. The lowest BCUT2D eigenvalue weighted by atomic mass is 9.79. The van der Waals surface area contributed by atoms with E-state index < -0.39 is 5.60 Å². The molecule has 2 unspecified atom stereocenters. The molecular formula is C15H24ClN3O. The van der Waals surface area contributed by atoms with E-state index in [0.717, 1.165) is 37.9 Å². The van der Waals surface area contributed by atoms with Crippen LogP contribution in [0, 0.1) is 5.92 Å².